The maximum Gasteiger partial charge on any atom is 0.408 e. The normalized spacial score (nSPS) is 23.9. The summed E-state index contributed by atoms with van der Waals surface area (Å²) in [5, 5.41) is 3.92. The molecule has 0 unspecified atom stereocenters. The molecule has 3 atom stereocenters. The van der Waals surface area contributed by atoms with Gasteiger partial charge in [-0.2, -0.15) is 18.2 Å². The number of benzene rings is 1. The molecule has 39 heavy (non-hydrogen) atoms. The van der Waals surface area contributed by atoms with Gasteiger partial charge in [0.25, 0.3) is 0 Å². The van der Waals surface area contributed by atoms with Crippen LogP contribution < -0.4 is 9.64 Å². The zero-order valence-corrected chi connectivity index (χ0v) is 22.0. The third-order valence-electron chi connectivity index (χ3n) is 8.20. The van der Waals surface area contributed by atoms with E-state index in [-0.39, 0.29) is 18.5 Å². The summed E-state index contributed by atoms with van der Waals surface area (Å²) in [4.78, 5) is 19.8. The van der Waals surface area contributed by atoms with Crippen LogP contribution in [0.4, 0.5) is 23.6 Å². The second-order valence-corrected chi connectivity index (χ2v) is 10.8. The molecule has 5 rings (SSSR count). The lowest BCUT2D eigenvalue weighted by molar-refractivity contribution is -0.182. The molecule has 0 bridgehead atoms. The Kier molecular flexibility index (Phi) is 8.29. The Balaban J connectivity index is 1.03. The number of methoxy groups -OCH3 is 1. The number of rotatable bonds is 10. The van der Waals surface area contributed by atoms with E-state index in [0.717, 1.165) is 43.7 Å². The second-order valence-electron chi connectivity index (χ2n) is 10.8. The predicted molar refractivity (Wildman–Crippen MR) is 133 cm³/mol. The molecule has 0 N–H and O–H groups in total. The number of amides is 1. The zero-order chi connectivity index (χ0) is 27.6. The highest BCUT2D eigenvalue weighted by atomic mass is 19.4. The van der Waals surface area contributed by atoms with Crippen LogP contribution in [0.2, 0.25) is 0 Å². The van der Waals surface area contributed by atoms with Crippen LogP contribution in [-0.2, 0) is 22.6 Å². The molecule has 1 amide bonds. The molecule has 2 saturated heterocycles. The van der Waals surface area contributed by atoms with E-state index in [9.17, 15) is 22.4 Å². The Morgan fingerprint density at radius 2 is 1.97 bits per heavy atom. The average Bonchev–Trinajstić information content (AvgIpc) is 3.27. The van der Waals surface area contributed by atoms with Gasteiger partial charge in [-0.05, 0) is 67.9 Å². The Bertz CT molecular complexity index is 1140. The minimum absolute atomic E-state index is 0.0431. The molecule has 0 radical (unpaired) electrons. The molecule has 1 saturated carbocycles. The predicted octanol–water partition coefficient (Wildman–Crippen LogP) is 4.77. The number of likely N-dealkylation sites (tertiary alicyclic amines) is 1. The number of piperidine rings is 1. The summed E-state index contributed by atoms with van der Waals surface area (Å²) in [6.07, 6.45) is -0.508. The number of aromatic nitrogens is 2. The lowest BCUT2D eigenvalue weighted by Crippen LogP contribution is -2.45. The summed E-state index contributed by atoms with van der Waals surface area (Å²) in [6, 6.07) is 2.98. The summed E-state index contributed by atoms with van der Waals surface area (Å²) < 4.78 is 70.2. The minimum atomic E-state index is -4.47. The van der Waals surface area contributed by atoms with Crippen molar-refractivity contribution < 1.29 is 36.4 Å². The monoisotopic (exact) mass is 554 g/mol. The highest BCUT2D eigenvalue weighted by Crippen LogP contribution is 2.50. The van der Waals surface area contributed by atoms with Crippen LogP contribution in [0.15, 0.2) is 22.7 Å². The maximum atomic E-state index is 14.6. The van der Waals surface area contributed by atoms with Crippen LogP contribution in [0.1, 0.15) is 49.9 Å². The van der Waals surface area contributed by atoms with Crippen molar-refractivity contribution in [3.8, 4) is 5.75 Å². The van der Waals surface area contributed by atoms with Crippen molar-refractivity contribution in [2.24, 2.45) is 17.8 Å². The molecular weight excluding hydrogens is 520 g/mol. The Hall–Kier alpha value is -2.89. The molecule has 3 heterocycles. The number of hydrogen-bond donors (Lipinski definition) is 0. The van der Waals surface area contributed by atoms with Crippen molar-refractivity contribution in [2.45, 2.75) is 63.8 Å². The molecule has 1 aromatic heterocycles. The first-order valence-corrected chi connectivity index (χ1v) is 13.6. The fourth-order valence-corrected chi connectivity index (χ4v) is 6.02. The Labute approximate surface area is 224 Å². The molecule has 3 fully saturated rings. The van der Waals surface area contributed by atoms with Gasteiger partial charge < -0.3 is 23.8 Å². The van der Waals surface area contributed by atoms with Gasteiger partial charge in [0.05, 0.1) is 13.0 Å². The number of hydrogen-bond acceptors (Lipinski definition) is 7. The number of carbonyl (C=O) groups is 1. The lowest BCUT2D eigenvalue weighted by atomic mass is 9.90. The van der Waals surface area contributed by atoms with Crippen molar-refractivity contribution in [3.63, 3.8) is 0 Å². The largest absolute Gasteiger partial charge is 0.493 e. The van der Waals surface area contributed by atoms with E-state index in [1.165, 1.54) is 12.1 Å². The third kappa shape index (κ3) is 6.64. The number of ether oxygens (including phenoxy) is 2. The highest BCUT2D eigenvalue weighted by molar-refractivity contribution is 5.79. The van der Waals surface area contributed by atoms with Crippen molar-refractivity contribution in [2.75, 3.05) is 38.3 Å². The number of nitrogens with zero attached hydrogens (tertiary/aromatic N) is 4. The standard InChI is InChI=1S/C27H34F4N4O4/c1-37-16-24-32-26(39-33-24)34-10-6-17(7-11-34)21-13-18(21)8-12-38-20-5-4-19(22(28)15-20)14-25(36)35-9-2-3-23(35)27(29,30)31/h4-5,15,17-18,21,23H,2-3,6-14,16H2,1H3/t18-,21-,23-/m1/s1. The van der Waals surface area contributed by atoms with Gasteiger partial charge in [0.15, 0.2) is 5.82 Å². The SMILES string of the molecule is COCc1noc(N2CCC([C@H]3C[C@H]3CCOc3ccc(CC(=O)N4CCC[C@@H]4C(F)(F)F)c(F)c3)CC2)n1. The molecule has 8 nitrogen and oxygen atoms in total. The van der Waals surface area contributed by atoms with Gasteiger partial charge in [0.1, 0.15) is 24.2 Å². The van der Waals surface area contributed by atoms with Crippen molar-refractivity contribution in [3.05, 3.63) is 35.4 Å². The van der Waals surface area contributed by atoms with Crippen LogP contribution in [0.25, 0.3) is 0 Å². The van der Waals surface area contributed by atoms with E-state index in [4.69, 9.17) is 14.0 Å². The first kappa shape index (κ1) is 27.7. The average molecular weight is 555 g/mol. The van der Waals surface area contributed by atoms with Crippen LogP contribution in [0.5, 0.6) is 5.75 Å². The first-order valence-electron chi connectivity index (χ1n) is 13.6. The number of halogens is 4. The summed E-state index contributed by atoms with van der Waals surface area (Å²) in [5.74, 6) is 1.45. The quantitative estimate of drug-likeness (QED) is 0.392. The van der Waals surface area contributed by atoms with Crippen molar-refractivity contribution in [1.29, 1.82) is 0 Å². The Morgan fingerprint density at radius 3 is 2.69 bits per heavy atom. The maximum absolute atomic E-state index is 14.6. The highest BCUT2D eigenvalue weighted by Gasteiger charge is 2.47. The van der Waals surface area contributed by atoms with Gasteiger partial charge in [-0.3, -0.25) is 4.79 Å². The van der Waals surface area contributed by atoms with E-state index >= 15 is 0 Å². The summed E-state index contributed by atoms with van der Waals surface area (Å²) in [5.41, 5.74) is 0.0734. The fraction of sp³-hybridized carbons (Fsp3) is 0.667. The molecule has 2 aromatic rings. The third-order valence-corrected chi connectivity index (χ3v) is 8.20. The molecule has 0 spiro atoms. The van der Waals surface area contributed by atoms with E-state index in [1.54, 1.807) is 13.2 Å². The zero-order valence-electron chi connectivity index (χ0n) is 22.0. The molecule has 3 aliphatic rings. The summed E-state index contributed by atoms with van der Waals surface area (Å²) >= 11 is 0. The van der Waals surface area contributed by atoms with Gasteiger partial charge in [-0.25, -0.2) is 4.39 Å². The fourth-order valence-electron chi connectivity index (χ4n) is 6.02. The molecule has 12 heteroatoms. The van der Waals surface area contributed by atoms with Crippen molar-refractivity contribution in [1.82, 2.24) is 15.0 Å². The number of anilines is 1. The smallest absolute Gasteiger partial charge is 0.408 e. The van der Waals surface area contributed by atoms with Crippen molar-refractivity contribution >= 4 is 11.9 Å². The van der Waals surface area contributed by atoms with Crippen LogP contribution >= 0.6 is 0 Å². The summed E-state index contributed by atoms with van der Waals surface area (Å²) in [7, 11) is 1.59. The van der Waals surface area contributed by atoms with Gasteiger partial charge in [-0.1, -0.05) is 11.2 Å². The molecule has 2 aliphatic heterocycles. The molecule has 214 valence electrons. The molecule has 1 aromatic carbocycles. The first-order chi connectivity index (χ1) is 18.7. The van der Waals surface area contributed by atoms with Gasteiger partial charge in [0.2, 0.25) is 5.91 Å². The second kappa shape index (κ2) is 11.7. The number of carbonyl (C=O) groups excluding carboxylic acids is 1. The van der Waals surface area contributed by atoms with Gasteiger partial charge >= 0.3 is 12.2 Å². The van der Waals surface area contributed by atoms with Gasteiger partial charge in [-0.15, -0.1) is 0 Å². The van der Waals surface area contributed by atoms with E-state index in [0.29, 0.717) is 55.0 Å². The minimum Gasteiger partial charge on any atom is -0.493 e. The summed E-state index contributed by atoms with van der Waals surface area (Å²) in [6.45, 7) is 2.58. The number of alkyl halides is 3. The topological polar surface area (TPSA) is 80.9 Å². The molecular formula is C27H34F4N4O4. The Morgan fingerprint density at radius 1 is 1.18 bits per heavy atom. The van der Waals surface area contributed by atoms with E-state index in [2.05, 4.69) is 15.0 Å². The van der Waals surface area contributed by atoms with Crippen LogP contribution in [0.3, 0.4) is 0 Å². The molecule has 1 aliphatic carbocycles. The van der Waals surface area contributed by atoms with Crippen LogP contribution in [-0.4, -0.2) is 66.5 Å². The lowest BCUT2D eigenvalue weighted by Gasteiger charge is -2.30. The van der Waals surface area contributed by atoms with E-state index in [1.807, 2.05) is 0 Å². The van der Waals surface area contributed by atoms with E-state index < -0.39 is 30.4 Å². The van der Waals surface area contributed by atoms with Crippen LogP contribution in [0, 0.1) is 23.6 Å². The van der Waals surface area contributed by atoms with Gasteiger partial charge in [0, 0.05) is 32.8 Å².